The Balaban J connectivity index is 1.48. The summed E-state index contributed by atoms with van der Waals surface area (Å²) in [5, 5.41) is 0. The Hall–Kier alpha value is -3.08. The van der Waals surface area contributed by atoms with Crippen LogP contribution in [-0.4, -0.2) is 18.6 Å². The van der Waals surface area contributed by atoms with Gasteiger partial charge in [-0.05, 0) is 64.9 Å². The molecule has 4 aromatic carbocycles. The van der Waals surface area contributed by atoms with E-state index >= 15 is 0 Å². The molecule has 5 rings (SSSR count). The van der Waals surface area contributed by atoms with Crippen LogP contribution < -0.4 is 9.47 Å². The molecule has 4 heteroatoms. The molecule has 4 aromatic rings. The van der Waals surface area contributed by atoms with Gasteiger partial charge in [0.05, 0.1) is 7.11 Å². The van der Waals surface area contributed by atoms with E-state index < -0.39 is 0 Å². The first-order valence-electron chi connectivity index (χ1n) is 12.1. The molecule has 0 N–H and O–H groups in total. The monoisotopic (exact) mass is 527 g/mol. The van der Waals surface area contributed by atoms with Crippen molar-refractivity contribution in [1.29, 1.82) is 0 Å². The lowest BCUT2D eigenvalue weighted by atomic mass is 9.87. The summed E-state index contributed by atoms with van der Waals surface area (Å²) in [6.45, 7) is 2.45. The van der Waals surface area contributed by atoms with E-state index in [-0.39, 0.29) is 6.04 Å². The largest absolute Gasteiger partial charge is 0.493 e. The molecule has 1 aliphatic rings. The van der Waals surface area contributed by atoms with Gasteiger partial charge < -0.3 is 9.47 Å². The van der Waals surface area contributed by atoms with Gasteiger partial charge in [0.15, 0.2) is 11.5 Å². The van der Waals surface area contributed by atoms with Crippen LogP contribution >= 0.6 is 15.9 Å². The third-order valence-corrected chi connectivity index (χ3v) is 7.23. The molecule has 0 amide bonds. The molecule has 1 atom stereocenters. The fourth-order valence-electron chi connectivity index (χ4n) is 4.86. The quantitative estimate of drug-likeness (QED) is 0.238. The third kappa shape index (κ3) is 5.77. The first kappa shape index (κ1) is 23.7. The van der Waals surface area contributed by atoms with Gasteiger partial charge >= 0.3 is 0 Å². The molecular weight excluding hydrogens is 498 g/mol. The van der Waals surface area contributed by atoms with Gasteiger partial charge in [0, 0.05) is 23.6 Å². The average molecular weight is 528 g/mol. The summed E-state index contributed by atoms with van der Waals surface area (Å²) >= 11 is 3.57. The molecule has 178 valence electrons. The van der Waals surface area contributed by atoms with Gasteiger partial charge in [-0.1, -0.05) is 88.7 Å². The highest BCUT2D eigenvalue weighted by atomic mass is 79.9. The number of hydrogen-bond donors (Lipinski definition) is 0. The van der Waals surface area contributed by atoms with Crippen molar-refractivity contribution in [3.63, 3.8) is 0 Å². The van der Waals surface area contributed by atoms with Crippen molar-refractivity contribution >= 4 is 15.9 Å². The Morgan fingerprint density at radius 1 is 0.800 bits per heavy atom. The minimum atomic E-state index is 0.255. The standard InChI is InChI=1S/C31H30BrNO2/c1-34-30-19-26-16-17-33(21-24-8-4-2-5-9-24)29(18-23-12-14-27(32)15-13-23)28(26)20-31(30)35-22-25-10-6-3-7-11-25/h2-15,19-20,29H,16-18,21-22H2,1H3. The Labute approximate surface area is 216 Å². The Morgan fingerprint density at radius 3 is 2.17 bits per heavy atom. The molecule has 0 radical (unpaired) electrons. The zero-order valence-electron chi connectivity index (χ0n) is 20.0. The zero-order valence-corrected chi connectivity index (χ0v) is 21.6. The summed E-state index contributed by atoms with van der Waals surface area (Å²) in [4.78, 5) is 2.60. The number of halogens is 1. The first-order valence-corrected chi connectivity index (χ1v) is 12.9. The molecule has 0 bridgehead atoms. The van der Waals surface area contributed by atoms with Gasteiger partial charge in [0.2, 0.25) is 0 Å². The van der Waals surface area contributed by atoms with E-state index in [9.17, 15) is 0 Å². The highest BCUT2D eigenvalue weighted by Gasteiger charge is 2.29. The lowest BCUT2D eigenvalue weighted by molar-refractivity contribution is 0.173. The van der Waals surface area contributed by atoms with Crippen molar-refractivity contribution in [3.8, 4) is 11.5 Å². The number of ether oxygens (including phenoxy) is 2. The van der Waals surface area contributed by atoms with E-state index in [1.165, 1.54) is 22.3 Å². The number of benzene rings is 4. The SMILES string of the molecule is COc1cc2c(cc1OCc1ccccc1)C(Cc1ccc(Br)cc1)N(Cc1ccccc1)CC2. The lowest BCUT2D eigenvalue weighted by Gasteiger charge is -2.38. The highest BCUT2D eigenvalue weighted by molar-refractivity contribution is 9.10. The minimum absolute atomic E-state index is 0.255. The molecule has 0 fully saturated rings. The fourth-order valence-corrected chi connectivity index (χ4v) is 5.12. The average Bonchev–Trinajstić information content (AvgIpc) is 2.90. The zero-order chi connectivity index (χ0) is 24.0. The number of nitrogens with zero attached hydrogens (tertiary/aromatic N) is 1. The van der Waals surface area contributed by atoms with Crippen molar-refractivity contribution in [3.05, 3.63) is 129 Å². The van der Waals surface area contributed by atoms with Crippen molar-refractivity contribution in [2.24, 2.45) is 0 Å². The molecular formula is C31H30BrNO2. The maximum absolute atomic E-state index is 6.30. The van der Waals surface area contributed by atoms with Crippen LogP contribution in [0.25, 0.3) is 0 Å². The van der Waals surface area contributed by atoms with Crippen LogP contribution in [0, 0.1) is 0 Å². The van der Waals surface area contributed by atoms with Crippen LogP contribution in [0.4, 0.5) is 0 Å². The van der Waals surface area contributed by atoms with Crippen LogP contribution in [0.1, 0.15) is 33.9 Å². The molecule has 1 unspecified atom stereocenters. The third-order valence-electron chi connectivity index (χ3n) is 6.70. The van der Waals surface area contributed by atoms with Crippen LogP contribution in [0.15, 0.2) is 102 Å². The van der Waals surface area contributed by atoms with Crippen molar-refractivity contribution in [2.75, 3.05) is 13.7 Å². The molecule has 0 spiro atoms. The smallest absolute Gasteiger partial charge is 0.162 e. The maximum atomic E-state index is 6.30. The van der Waals surface area contributed by atoms with E-state index in [2.05, 4.69) is 99.7 Å². The second-order valence-corrected chi connectivity index (χ2v) is 9.94. The van der Waals surface area contributed by atoms with E-state index in [0.29, 0.717) is 6.61 Å². The molecule has 0 aliphatic carbocycles. The van der Waals surface area contributed by atoms with Gasteiger partial charge in [0.1, 0.15) is 6.61 Å². The number of rotatable bonds is 8. The van der Waals surface area contributed by atoms with E-state index in [1.807, 2.05) is 18.2 Å². The highest BCUT2D eigenvalue weighted by Crippen LogP contribution is 2.40. The predicted octanol–water partition coefficient (Wildman–Crippen LogP) is 7.38. The fraction of sp³-hybridized carbons (Fsp3) is 0.226. The first-order chi connectivity index (χ1) is 17.2. The Morgan fingerprint density at radius 2 is 1.49 bits per heavy atom. The molecule has 0 saturated heterocycles. The van der Waals surface area contributed by atoms with Gasteiger partial charge in [0.25, 0.3) is 0 Å². The van der Waals surface area contributed by atoms with Crippen LogP contribution in [0.2, 0.25) is 0 Å². The van der Waals surface area contributed by atoms with Gasteiger partial charge in [-0.15, -0.1) is 0 Å². The predicted molar refractivity (Wildman–Crippen MR) is 145 cm³/mol. The Kier molecular flexibility index (Phi) is 7.51. The summed E-state index contributed by atoms with van der Waals surface area (Å²) in [7, 11) is 1.72. The molecule has 0 saturated carbocycles. The summed E-state index contributed by atoms with van der Waals surface area (Å²) in [5.41, 5.74) is 6.49. The number of methoxy groups -OCH3 is 1. The van der Waals surface area contributed by atoms with E-state index in [1.54, 1.807) is 7.11 Å². The van der Waals surface area contributed by atoms with Crippen molar-refractivity contribution in [1.82, 2.24) is 4.90 Å². The van der Waals surface area contributed by atoms with E-state index in [0.717, 1.165) is 47.5 Å². The van der Waals surface area contributed by atoms with Crippen LogP contribution in [0.3, 0.4) is 0 Å². The van der Waals surface area contributed by atoms with Crippen LogP contribution in [-0.2, 0) is 26.0 Å². The minimum Gasteiger partial charge on any atom is -0.493 e. The van der Waals surface area contributed by atoms with Crippen molar-refractivity contribution < 1.29 is 9.47 Å². The second kappa shape index (κ2) is 11.1. The van der Waals surface area contributed by atoms with E-state index in [4.69, 9.17) is 9.47 Å². The van der Waals surface area contributed by atoms with Gasteiger partial charge in [-0.25, -0.2) is 0 Å². The molecule has 35 heavy (non-hydrogen) atoms. The summed E-state index contributed by atoms with van der Waals surface area (Å²) < 4.78 is 13.1. The number of fused-ring (bicyclic) bond motifs is 1. The van der Waals surface area contributed by atoms with Gasteiger partial charge in [-0.2, -0.15) is 0 Å². The van der Waals surface area contributed by atoms with Crippen molar-refractivity contribution in [2.45, 2.75) is 32.0 Å². The molecule has 1 heterocycles. The van der Waals surface area contributed by atoms with Gasteiger partial charge in [-0.3, -0.25) is 4.90 Å². The van der Waals surface area contributed by atoms with Crippen LogP contribution in [0.5, 0.6) is 11.5 Å². The molecule has 3 nitrogen and oxygen atoms in total. The summed E-state index contributed by atoms with van der Waals surface area (Å²) in [6, 6.07) is 34.4. The molecule has 1 aliphatic heterocycles. The maximum Gasteiger partial charge on any atom is 0.162 e. The lowest BCUT2D eigenvalue weighted by Crippen LogP contribution is -2.36. The normalized spacial score (nSPS) is 15.4. The second-order valence-electron chi connectivity index (χ2n) is 9.03. The summed E-state index contributed by atoms with van der Waals surface area (Å²) in [6.07, 6.45) is 1.94. The summed E-state index contributed by atoms with van der Waals surface area (Å²) in [5.74, 6) is 1.61. The molecule has 0 aromatic heterocycles. The number of hydrogen-bond acceptors (Lipinski definition) is 3. The topological polar surface area (TPSA) is 21.7 Å². The Bertz CT molecular complexity index is 1240.